The van der Waals surface area contributed by atoms with Gasteiger partial charge in [-0.1, -0.05) is 29.8 Å². The second-order valence-electron chi connectivity index (χ2n) is 7.80. The number of anilines is 2. The number of hydrogen-bond donors (Lipinski definition) is 3. The van der Waals surface area contributed by atoms with Gasteiger partial charge in [-0.25, -0.2) is 14.4 Å². The Bertz CT molecular complexity index is 1490. The van der Waals surface area contributed by atoms with Crippen molar-refractivity contribution in [2.75, 3.05) is 11.1 Å². The van der Waals surface area contributed by atoms with E-state index in [9.17, 15) is 19.1 Å². The van der Waals surface area contributed by atoms with Gasteiger partial charge in [-0.3, -0.25) is 14.3 Å². The molecule has 3 heterocycles. The molecule has 4 N–H and O–H groups in total. The number of halogens is 2. The molecule has 2 aromatic carbocycles. The average Bonchev–Trinajstić information content (AvgIpc) is 3.25. The van der Waals surface area contributed by atoms with Crippen molar-refractivity contribution in [3.63, 3.8) is 0 Å². The highest BCUT2D eigenvalue weighted by Gasteiger charge is 2.52. The molecular formula is C22H16ClFN6O3. The van der Waals surface area contributed by atoms with Crippen LogP contribution in [0.25, 0.3) is 22.4 Å². The zero-order valence-corrected chi connectivity index (χ0v) is 17.9. The van der Waals surface area contributed by atoms with Crippen LogP contribution in [0.2, 0.25) is 5.02 Å². The van der Waals surface area contributed by atoms with Crippen molar-refractivity contribution in [1.29, 1.82) is 0 Å². The van der Waals surface area contributed by atoms with Gasteiger partial charge in [0.05, 0.1) is 17.6 Å². The molecule has 9 nitrogen and oxygen atoms in total. The van der Waals surface area contributed by atoms with Gasteiger partial charge < -0.3 is 16.2 Å². The summed E-state index contributed by atoms with van der Waals surface area (Å²) in [6, 6.07) is 11.4. The number of nitrogen functional groups attached to an aromatic ring is 1. The van der Waals surface area contributed by atoms with E-state index in [1.54, 1.807) is 41.1 Å². The molecule has 33 heavy (non-hydrogen) atoms. The van der Waals surface area contributed by atoms with Gasteiger partial charge in [0.1, 0.15) is 23.1 Å². The minimum absolute atomic E-state index is 0.00175. The predicted molar refractivity (Wildman–Crippen MR) is 119 cm³/mol. The van der Waals surface area contributed by atoms with E-state index in [1.807, 2.05) is 0 Å². The van der Waals surface area contributed by atoms with Crippen molar-refractivity contribution in [1.82, 2.24) is 19.7 Å². The predicted octanol–water partition coefficient (Wildman–Crippen LogP) is 3.21. The summed E-state index contributed by atoms with van der Waals surface area (Å²) >= 11 is 6.19. The molecule has 0 saturated carbocycles. The Morgan fingerprint density at radius 3 is 2.76 bits per heavy atom. The monoisotopic (exact) mass is 466 g/mol. The number of carbonyl (C=O) groups is 2. The van der Waals surface area contributed by atoms with Crippen LogP contribution in [-0.2, 0) is 21.5 Å². The van der Waals surface area contributed by atoms with Crippen LogP contribution >= 0.6 is 11.6 Å². The number of nitrogens with one attached hydrogen (secondary N) is 1. The minimum Gasteiger partial charge on any atom is -0.480 e. The summed E-state index contributed by atoms with van der Waals surface area (Å²) in [6.45, 7) is 1.37. The Hall–Kier alpha value is -4.05. The zero-order chi connectivity index (χ0) is 23.5. The Balaban J connectivity index is 1.69. The van der Waals surface area contributed by atoms with Gasteiger partial charge in [-0.05, 0) is 31.2 Å². The summed E-state index contributed by atoms with van der Waals surface area (Å²) in [6.07, 6.45) is 0. The van der Waals surface area contributed by atoms with Crippen molar-refractivity contribution in [2.45, 2.75) is 18.9 Å². The molecule has 1 amide bonds. The number of aliphatic carboxylic acids is 1. The zero-order valence-electron chi connectivity index (χ0n) is 17.1. The first-order valence-corrected chi connectivity index (χ1v) is 10.2. The van der Waals surface area contributed by atoms with Crippen LogP contribution in [0.4, 0.5) is 16.0 Å². The van der Waals surface area contributed by atoms with Gasteiger partial charge in [-0.15, -0.1) is 0 Å². The lowest BCUT2D eigenvalue weighted by atomic mass is 9.85. The first-order valence-electron chi connectivity index (χ1n) is 9.83. The highest BCUT2D eigenvalue weighted by atomic mass is 35.5. The molecule has 0 radical (unpaired) electrons. The third-order valence-electron chi connectivity index (χ3n) is 5.75. The van der Waals surface area contributed by atoms with Crippen LogP contribution in [-0.4, -0.2) is 36.7 Å². The lowest BCUT2D eigenvalue weighted by molar-refractivity contribution is -0.146. The molecule has 1 unspecified atom stereocenters. The molecule has 1 atom stereocenters. The van der Waals surface area contributed by atoms with Crippen molar-refractivity contribution >= 4 is 46.0 Å². The SMILES string of the molecule is CC1(C(=O)O)C(=O)Nc2nc(-c3nn(Cc4ccccc4F)c4cc(Cl)ccc34)nc(N)c21. The average molecular weight is 467 g/mol. The molecule has 4 aromatic rings. The molecule has 5 rings (SSSR count). The van der Waals surface area contributed by atoms with Gasteiger partial charge in [0.2, 0.25) is 5.91 Å². The normalized spacial score (nSPS) is 17.2. The number of carbonyl (C=O) groups excluding carboxylic acids is 1. The molecule has 0 spiro atoms. The molecule has 0 aliphatic carbocycles. The van der Waals surface area contributed by atoms with Crippen LogP contribution in [0.1, 0.15) is 18.1 Å². The van der Waals surface area contributed by atoms with E-state index in [4.69, 9.17) is 17.3 Å². The summed E-state index contributed by atoms with van der Waals surface area (Å²) in [5, 5.41) is 17.7. The summed E-state index contributed by atoms with van der Waals surface area (Å²) in [5.41, 5.74) is 5.55. The fraction of sp³-hybridized carbons (Fsp3) is 0.136. The smallest absolute Gasteiger partial charge is 0.323 e. The van der Waals surface area contributed by atoms with Crippen molar-refractivity contribution in [3.8, 4) is 11.5 Å². The van der Waals surface area contributed by atoms with E-state index in [0.29, 0.717) is 27.2 Å². The molecule has 0 saturated heterocycles. The third kappa shape index (κ3) is 3.10. The fourth-order valence-corrected chi connectivity index (χ4v) is 4.10. The standard InChI is InChI=1S/C22H16ClFN6O3/c1-22(21(32)33)15-17(25)26-19(27-18(15)28-20(22)31)16-12-7-6-11(23)8-14(12)30(29-16)9-10-4-2-3-5-13(10)24/h2-8H,9H2,1H3,(H,32,33)(H3,25,26,27,28,31). The molecule has 166 valence electrons. The van der Waals surface area contributed by atoms with Gasteiger partial charge in [0, 0.05) is 16.0 Å². The topological polar surface area (TPSA) is 136 Å². The lowest BCUT2D eigenvalue weighted by Gasteiger charge is -2.16. The highest BCUT2D eigenvalue weighted by Crippen LogP contribution is 2.41. The summed E-state index contributed by atoms with van der Waals surface area (Å²) in [4.78, 5) is 32.8. The number of aromatic nitrogens is 4. The van der Waals surface area contributed by atoms with Gasteiger partial charge in [-0.2, -0.15) is 5.10 Å². The lowest BCUT2D eigenvalue weighted by Crippen LogP contribution is -2.39. The van der Waals surface area contributed by atoms with Crippen LogP contribution in [0.15, 0.2) is 42.5 Å². The first-order chi connectivity index (χ1) is 15.7. The molecule has 1 aliphatic rings. The molecule has 1 aliphatic heterocycles. The number of carboxylic acid groups (broad SMARTS) is 1. The van der Waals surface area contributed by atoms with E-state index in [1.165, 1.54) is 13.0 Å². The van der Waals surface area contributed by atoms with E-state index in [2.05, 4.69) is 20.4 Å². The molecular weight excluding hydrogens is 451 g/mol. The van der Waals surface area contributed by atoms with Crippen LogP contribution < -0.4 is 11.1 Å². The number of carboxylic acids is 1. The first kappa shape index (κ1) is 20.8. The van der Waals surface area contributed by atoms with E-state index >= 15 is 0 Å². The molecule has 2 aromatic heterocycles. The van der Waals surface area contributed by atoms with Crippen molar-refractivity contribution in [2.24, 2.45) is 0 Å². The second kappa shape index (κ2) is 7.24. The highest BCUT2D eigenvalue weighted by molar-refractivity contribution is 6.31. The number of nitrogens with two attached hydrogens (primary N) is 1. The summed E-state index contributed by atoms with van der Waals surface area (Å²) < 4.78 is 15.8. The number of amides is 1. The maximum Gasteiger partial charge on any atom is 0.323 e. The summed E-state index contributed by atoms with van der Waals surface area (Å²) in [5.74, 6) is -2.55. The number of nitrogens with zero attached hydrogens (tertiary/aromatic N) is 4. The molecule has 0 bridgehead atoms. The third-order valence-corrected chi connectivity index (χ3v) is 5.99. The Labute approximate surface area is 191 Å². The Morgan fingerprint density at radius 2 is 2.03 bits per heavy atom. The summed E-state index contributed by atoms with van der Waals surface area (Å²) in [7, 11) is 0. The maximum absolute atomic E-state index is 14.3. The number of rotatable bonds is 4. The molecule has 11 heteroatoms. The van der Waals surface area contributed by atoms with Crippen molar-refractivity contribution < 1.29 is 19.1 Å². The van der Waals surface area contributed by atoms with Crippen LogP contribution in [0, 0.1) is 5.82 Å². The number of fused-ring (bicyclic) bond motifs is 2. The Morgan fingerprint density at radius 1 is 1.27 bits per heavy atom. The van der Waals surface area contributed by atoms with Crippen LogP contribution in [0.3, 0.4) is 0 Å². The van der Waals surface area contributed by atoms with Gasteiger partial charge >= 0.3 is 5.97 Å². The van der Waals surface area contributed by atoms with E-state index in [0.717, 1.165) is 0 Å². The van der Waals surface area contributed by atoms with Crippen LogP contribution in [0.5, 0.6) is 0 Å². The van der Waals surface area contributed by atoms with E-state index in [-0.39, 0.29) is 35.4 Å². The van der Waals surface area contributed by atoms with E-state index < -0.39 is 17.3 Å². The van der Waals surface area contributed by atoms with Crippen molar-refractivity contribution in [3.05, 3.63) is 64.4 Å². The van der Waals surface area contributed by atoms with Gasteiger partial charge in [0.25, 0.3) is 0 Å². The number of hydrogen-bond acceptors (Lipinski definition) is 6. The number of benzene rings is 2. The molecule has 0 fully saturated rings. The quantitative estimate of drug-likeness (QED) is 0.393. The Kier molecular flexibility index (Phi) is 4.57. The maximum atomic E-state index is 14.3. The minimum atomic E-state index is -1.91. The second-order valence-corrected chi connectivity index (χ2v) is 8.24. The fourth-order valence-electron chi connectivity index (χ4n) is 3.94. The van der Waals surface area contributed by atoms with Gasteiger partial charge in [0.15, 0.2) is 11.2 Å². The largest absolute Gasteiger partial charge is 0.480 e.